The maximum absolute atomic E-state index is 12.7. The summed E-state index contributed by atoms with van der Waals surface area (Å²) < 4.78 is 53.8. The number of amides is 1. The molecule has 5 nitrogen and oxygen atoms in total. The number of benzene rings is 2. The van der Waals surface area contributed by atoms with E-state index in [1.54, 1.807) is 24.3 Å². The zero-order chi connectivity index (χ0) is 17.7. The molecular weight excluding hydrogens is 364 g/mol. The molecule has 24 heavy (non-hydrogen) atoms. The summed E-state index contributed by atoms with van der Waals surface area (Å²) in [4.78, 5) is 11.2. The summed E-state index contributed by atoms with van der Waals surface area (Å²) in [5.74, 6) is -3.90. The van der Waals surface area contributed by atoms with Crippen LogP contribution in [-0.2, 0) is 14.6 Å². The summed E-state index contributed by atoms with van der Waals surface area (Å²) in [5.41, 5.74) is -0.234. The van der Waals surface area contributed by atoms with Crippen molar-refractivity contribution in [2.75, 3.05) is 11.9 Å². The highest BCUT2D eigenvalue weighted by Crippen LogP contribution is 2.26. The van der Waals surface area contributed by atoms with Crippen LogP contribution in [0.5, 0.6) is 5.75 Å². The highest BCUT2D eigenvalue weighted by atomic mass is 35.5. The maximum atomic E-state index is 12.7. The van der Waals surface area contributed by atoms with Crippen molar-refractivity contribution >= 4 is 33.0 Å². The first kappa shape index (κ1) is 18.2. The number of halogens is 3. The molecule has 2 aromatic carbocycles. The lowest BCUT2D eigenvalue weighted by molar-refractivity contribution is -0.118. The second-order valence-electron chi connectivity index (χ2n) is 4.59. The van der Waals surface area contributed by atoms with Crippen LogP contribution >= 0.6 is 11.6 Å². The Bertz CT molecular complexity index is 826. The number of sulfone groups is 1. The van der Waals surface area contributed by atoms with Gasteiger partial charge in [0.15, 0.2) is 6.61 Å². The summed E-state index contributed by atoms with van der Waals surface area (Å²) in [6, 6.07) is 11.1. The molecular formula is C15H12ClF2NO4S. The van der Waals surface area contributed by atoms with Crippen molar-refractivity contribution < 1.29 is 26.7 Å². The van der Waals surface area contributed by atoms with Crippen LogP contribution in [0.15, 0.2) is 53.4 Å². The van der Waals surface area contributed by atoms with E-state index in [9.17, 15) is 22.0 Å². The topological polar surface area (TPSA) is 72.5 Å². The largest absolute Gasteiger partial charge is 0.484 e. The molecule has 0 heterocycles. The molecule has 9 heteroatoms. The third-order valence-corrected chi connectivity index (χ3v) is 4.58. The zero-order valence-electron chi connectivity index (χ0n) is 12.1. The molecule has 0 bridgehead atoms. The molecule has 0 aliphatic heterocycles. The molecule has 2 aromatic rings. The summed E-state index contributed by atoms with van der Waals surface area (Å²) in [6.45, 7) is -0.426. The molecule has 0 fully saturated rings. The number of carbonyl (C=O) groups is 1. The van der Waals surface area contributed by atoms with Gasteiger partial charge in [0.05, 0.1) is 10.6 Å². The van der Waals surface area contributed by atoms with E-state index in [0.717, 1.165) is 6.07 Å². The van der Waals surface area contributed by atoms with Gasteiger partial charge in [-0.3, -0.25) is 4.79 Å². The SMILES string of the molecule is O=C(COc1ccc(Cl)cc1)Nc1ccccc1S(=O)(=O)C(F)F. The van der Waals surface area contributed by atoms with Gasteiger partial charge >= 0.3 is 5.76 Å². The Morgan fingerprint density at radius 3 is 2.38 bits per heavy atom. The van der Waals surface area contributed by atoms with E-state index in [1.807, 2.05) is 0 Å². The van der Waals surface area contributed by atoms with Crippen molar-refractivity contribution in [3.63, 3.8) is 0 Å². The van der Waals surface area contributed by atoms with E-state index in [4.69, 9.17) is 16.3 Å². The van der Waals surface area contributed by atoms with Gasteiger partial charge < -0.3 is 10.1 Å². The van der Waals surface area contributed by atoms with Gasteiger partial charge in [0, 0.05) is 5.02 Å². The van der Waals surface area contributed by atoms with Crippen LogP contribution in [0.2, 0.25) is 5.02 Å². The molecule has 0 unspecified atom stereocenters. The first-order valence-electron chi connectivity index (χ1n) is 6.60. The van der Waals surface area contributed by atoms with Crippen molar-refractivity contribution in [3.8, 4) is 5.75 Å². The lowest BCUT2D eigenvalue weighted by Crippen LogP contribution is -2.22. The summed E-state index contributed by atoms with van der Waals surface area (Å²) in [6.07, 6.45) is 0. The monoisotopic (exact) mass is 375 g/mol. The van der Waals surface area contributed by atoms with E-state index >= 15 is 0 Å². The van der Waals surface area contributed by atoms with Crippen LogP contribution in [-0.4, -0.2) is 26.7 Å². The summed E-state index contributed by atoms with van der Waals surface area (Å²) in [7, 11) is -4.83. The molecule has 0 saturated carbocycles. The number of nitrogens with one attached hydrogen (secondary N) is 1. The Balaban J connectivity index is 2.08. The van der Waals surface area contributed by atoms with E-state index in [2.05, 4.69) is 5.32 Å². The van der Waals surface area contributed by atoms with Crippen molar-refractivity contribution in [2.24, 2.45) is 0 Å². The minimum Gasteiger partial charge on any atom is -0.484 e. The highest BCUT2D eigenvalue weighted by Gasteiger charge is 2.29. The third kappa shape index (κ3) is 4.42. The Hall–Kier alpha value is -2.19. The van der Waals surface area contributed by atoms with Gasteiger partial charge in [0.25, 0.3) is 5.91 Å². The van der Waals surface area contributed by atoms with Crippen LogP contribution < -0.4 is 10.1 Å². The second-order valence-corrected chi connectivity index (χ2v) is 6.92. The highest BCUT2D eigenvalue weighted by molar-refractivity contribution is 7.91. The van der Waals surface area contributed by atoms with E-state index in [1.165, 1.54) is 18.2 Å². The summed E-state index contributed by atoms with van der Waals surface area (Å²) in [5, 5.41) is 2.75. The normalized spacial score (nSPS) is 11.3. The van der Waals surface area contributed by atoms with Gasteiger partial charge in [-0.05, 0) is 36.4 Å². The molecule has 0 spiro atoms. The van der Waals surface area contributed by atoms with Crippen LogP contribution in [0, 0.1) is 0 Å². The molecule has 1 N–H and O–H groups in total. The Kier molecular flexibility index (Phi) is 5.74. The van der Waals surface area contributed by atoms with Crippen molar-refractivity contribution in [2.45, 2.75) is 10.7 Å². The van der Waals surface area contributed by atoms with E-state index < -0.39 is 33.0 Å². The van der Waals surface area contributed by atoms with Crippen molar-refractivity contribution in [1.29, 1.82) is 0 Å². The number of hydrogen-bond acceptors (Lipinski definition) is 4. The molecule has 0 radical (unpaired) electrons. The van der Waals surface area contributed by atoms with Gasteiger partial charge in [-0.15, -0.1) is 0 Å². The van der Waals surface area contributed by atoms with Crippen LogP contribution in [0.4, 0.5) is 14.5 Å². The number of alkyl halides is 2. The first-order chi connectivity index (χ1) is 11.3. The van der Waals surface area contributed by atoms with Crippen LogP contribution in [0.1, 0.15) is 0 Å². The van der Waals surface area contributed by atoms with Gasteiger partial charge in [0.1, 0.15) is 5.75 Å². The molecule has 0 saturated heterocycles. The number of hydrogen-bond donors (Lipinski definition) is 1. The average molecular weight is 376 g/mol. The standard InChI is InChI=1S/C15H12ClF2NO4S/c16-10-5-7-11(8-6-10)23-9-14(20)19-12-3-1-2-4-13(12)24(21,22)15(17)18/h1-8,15H,9H2,(H,19,20). The van der Waals surface area contributed by atoms with Gasteiger partial charge in [-0.1, -0.05) is 23.7 Å². The second kappa shape index (κ2) is 7.59. The number of ether oxygens (including phenoxy) is 1. The Morgan fingerprint density at radius 2 is 1.75 bits per heavy atom. The maximum Gasteiger partial charge on any atom is 0.341 e. The number of para-hydroxylation sites is 1. The fourth-order valence-electron chi connectivity index (χ4n) is 1.78. The molecule has 0 atom stereocenters. The number of carbonyl (C=O) groups excluding carboxylic acids is 1. The minimum absolute atomic E-state index is 0.234. The predicted octanol–water partition coefficient (Wildman–Crippen LogP) is 3.35. The molecule has 0 aliphatic rings. The van der Waals surface area contributed by atoms with Crippen molar-refractivity contribution in [1.82, 2.24) is 0 Å². The van der Waals surface area contributed by atoms with Gasteiger partial charge in [-0.2, -0.15) is 8.78 Å². The van der Waals surface area contributed by atoms with Crippen LogP contribution in [0.3, 0.4) is 0 Å². The third-order valence-electron chi connectivity index (χ3n) is 2.89. The van der Waals surface area contributed by atoms with E-state index in [0.29, 0.717) is 10.8 Å². The van der Waals surface area contributed by atoms with Gasteiger partial charge in [0.2, 0.25) is 9.84 Å². The lowest BCUT2D eigenvalue weighted by Gasteiger charge is -2.12. The molecule has 2 rings (SSSR count). The average Bonchev–Trinajstić information content (AvgIpc) is 2.54. The molecule has 128 valence electrons. The Morgan fingerprint density at radius 1 is 1.12 bits per heavy atom. The number of anilines is 1. The first-order valence-corrected chi connectivity index (χ1v) is 8.52. The fraction of sp³-hybridized carbons (Fsp3) is 0.133. The molecule has 0 aromatic heterocycles. The van der Waals surface area contributed by atoms with Crippen molar-refractivity contribution in [3.05, 3.63) is 53.6 Å². The Labute approximate surface area is 142 Å². The fourth-order valence-corrected chi connectivity index (χ4v) is 2.79. The van der Waals surface area contributed by atoms with Crippen LogP contribution in [0.25, 0.3) is 0 Å². The van der Waals surface area contributed by atoms with E-state index in [-0.39, 0.29) is 5.69 Å². The molecule has 0 aliphatic carbocycles. The molecule has 1 amide bonds. The zero-order valence-corrected chi connectivity index (χ0v) is 13.7. The van der Waals surface area contributed by atoms with Gasteiger partial charge in [-0.25, -0.2) is 8.42 Å². The quantitative estimate of drug-likeness (QED) is 0.840. The summed E-state index contributed by atoms with van der Waals surface area (Å²) >= 11 is 5.71. The smallest absolute Gasteiger partial charge is 0.341 e. The predicted molar refractivity (Wildman–Crippen MR) is 85.2 cm³/mol. The number of rotatable bonds is 6. The minimum atomic E-state index is -4.83. The lowest BCUT2D eigenvalue weighted by atomic mass is 10.3.